The van der Waals surface area contributed by atoms with Crippen LogP contribution >= 0.6 is 0 Å². The molecule has 0 aromatic heterocycles. The van der Waals surface area contributed by atoms with Crippen LogP contribution in [0.15, 0.2) is 12.2 Å². The zero-order chi connectivity index (χ0) is 10.3. The molecule has 0 saturated heterocycles. The van der Waals surface area contributed by atoms with Crippen LogP contribution in [0.5, 0.6) is 0 Å². The van der Waals surface area contributed by atoms with Crippen molar-refractivity contribution in [1.82, 2.24) is 0 Å². The van der Waals surface area contributed by atoms with E-state index in [1.807, 2.05) is 20.8 Å². The average Bonchev–Trinajstić information content (AvgIpc) is 2.59. The van der Waals surface area contributed by atoms with Gasteiger partial charge in [-0.05, 0) is 45.4 Å². The summed E-state index contributed by atoms with van der Waals surface area (Å²) in [5, 5.41) is 0. The highest BCUT2D eigenvalue weighted by molar-refractivity contribution is 5.74. The van der Waals surface area contributed by atoms with Crippen molar-refractivity contribution >= 4 is 5.97 Å². The first-order valence-electron chi connectivity index (χ1n) is 5.37. The minimum absolute atomic E-state index is 0.00523. The summed E-state index contributed by atoms with van der Waals surface area (Å²) in [5.41, 5.74) is -0.345. The largest absolute Gasteiger partial charge is 0.460 e. The normalized spacial score (nSPS) is 34.9. The molecule has 0 aromatic rings. The number of ether oxygens (including phenoxy) is 1. The van der Waals surface area contributed by atoms with Crippen molar-refractivity contribution in [2.45, 2.75) is 39.2 Å². The van der Waals surface area contributed by atoms with Gasteiger partial charge < -0.3 is 4.74 Å². The van der Waals surface area contributed by atoms with Crippen LogP contribution in [0.1, 0.15) is 33.6 Å². The SMILES string of the molecule is CC(C)(C)OC(=O)C1CC2C=CC1C2. The lowest BCUT2D eigenvalue weighted by molar-refractivity contribution is -0.160. The van der Waals surface area contributed by atoms with Crippen molar-refractivity contribution in [3.63, 3.8) is 0 Å². The summed E-state index contributed by atoms with van der Waals surface area (Å²) in [6.07, 6.45) is 6.58. The Hall–Kier alpha value is -0.790. The summed E-state index contributed by atoms with van der Waals surface area (Å²) in [6.45, 7) is 5.77. The van der Waals surface area contributed by atoms with Gasteiger partial charge in [-0.3, -0.25) is 4.79 Å². The average molecular weight is 194 g/mol. The summed E-state index contributed by atoms with van der Waals surface area (Å²) in [7, 11) is 0. The van der Waals surface area contributed by atoms with Crippen LogP contribution in [0, 0.1) is 17.8 Å². The Bertz CT molecular complexity index is 273. The van der Waals surface area contributed by atoms with Crippen LogP contribution < -0.4 is 0 Å². The third-order valence-corrected chi connectivity index (χ3v) is 2.99. The van der Waals surface area contributed by atoms with Gasteiger partial charge in [-0.25, -0.2) is 0 Å². The van der Waals surface area contributed by atoms with Crippen LogP contribution in [0.3, 0.4) is 0 Å². The Balaban J connectivity index is 1.97. The highest BCUT2D eigenvalue weighted by Crippen LogP contribution is 2.44. The number of esters is 1. The van der Waals surface area contributed by atoms with E-state index in [1.165, 1.54) is 0 Å². The fourth-order valence-electron chi connectivity index (χ4n) is 2.43. The molecular weight excluding hydrogens is 176 g/mol. The van der Waals surface area contributed by atoms with Gasteiger partial charge in [0.05, 0.1) is 5.92 Å². The van der Waals surface area contributed by atoms with E-state index >= 15 is 0 Å². The van der Waals surface area contributed by atoms with E-state index in [4.69, 9.17) is 4.74 Å². The molecule has 0 aromatic carbocycles. The van der Waals surface area contributed by atoms with Crippen molar-refractivity contribution in [3.8, 4) is 0 Å². The molecule has 2 heteroatoms. The summed E-state index contributed by atoms with van der Waals surface area (Å²) < 4.78 is 5.40. The smallest absolute Gasteiger partial charge is 0.310 e. The molecule has 0 spiro atoms. The molecule has 1 fully saturated rings. The Labute approximate surface area is 85.3 Å². The Kier molecular flexibility index (Phi) is 2.17. The zero-order valence-electron chi connectivity index (χ0n) is 9.12. The van der Waals surface area contributed by atoms with Crippen LogP contribution in [0.2, 0.25) is 0 Å². The standard InChI is InChI=1S/C12H18O2/c1-12(2,3)14-11(13)10-7-8-4-5-9(10)6-8/h4-5,8-10H,6-7H2,1-3H3. The van der Waals surface area contributed by atoms with Gasteiger partial charge in [-0.2, -0.15) is 0 Å². The number of hydrogen-bond acceptors (Lipinski definition) is 2. The Morgan fingerprint density at radius 1 is 1.29 bits per heavy atom. The lowest BCUT2D eigenvalue weighted by atomic mass is 9.93. The van der Waals surface area contributed by atoms with Gasteiger partial charge in [-0.15, -0.1) is 0 Å². The topological polar surface area (TPSA) is 26.3 Å². The Morgan fingerprint density at radius 3 is 2.43 bits per heavy atom. The van der Waals surface area contributed by atoms with Gasteiger partial charge in [0.15, 0.2) is 0 Å². The minimum Gasteiger partial charge on any atom is -0.460 e. The van der Waals surface area contributed by atoms with E-state index in [9.17, 15) is 4.79 Å². The highest BCUT2D eigenvalue weighted by Gasteiger charge is 2.41. The lowest BCUT2D eigenvalue weighted by Gasteiger charge is -2.24. The summed E-state index contributed by atoms with van der Waals surface area (Å²) in [4.78, 5) is 11.8. The minimum atomic E-state index is -0.345. The number of fused-ring (bicyclic) bond motifs is 2. The van der Waals surface area contributed by atoms with Crippen molar-refractivity contribution in [1.29, 1.82) is 0 Å². The summed E-state index contributed by atoms with van der Waals surface area (Å²) >= 11 is 0. The molecule has 2 rings (SSSR count). The molecule has 78 valence electrons. The monoisotopic (exact) mass is 194 g/mol. The molecular formula is C12H18O2. The first-order valence-corrected chi connectivity index (χ1v) is 5.37. The second kappa shape index (κ2) is 3.11. The van der Waals surface area contributed by atoms with E-state index in [2.05, 4.69) is 12.2 Å². The maximum atomic E-state index is 11.8. The zero-order valence-corrected chi connectivity index (χ0v) is 9.12. The van der Waals surface area contributed by atoms with Crippen molar-refractivity contribution < 1.29 is 9.53 Å². The fraction of sp³-hybridized carbons (Fsp3) is 0.750. The number of allylic oxidation sites excluding steroid dienone is 2. The molecule has 2 aliphatic carbocycles. The highest BCUT2D eigenvalue weighted by atomic mass is 16.6. The molecule has 1 saturated carbocycles. The van der Waals surface area contributed by atoms with Crippen LogP contribution in [0.4, 0.5) is 0 Å². The van der Waals surface area contributed by atoms with Gasteiger partial charge in [0.25, 0.3) is 0 Å². The predicted octanol–water partition coefficient (Wildman–Crippen LogP) is 2.54. The number of carbonyl (C=O) groups excluding carboxylic acids is 1. The lowest BCUT2D eigenvalue weighted by Crippen LogP contribution is -2.30. The molecule has 0 radical (unpaired) electrons. The maximum Gasteiger partial charge on any atom is 0.310 e. The molecule has 2 aliphatic rings. The molecule has 0 amide bonds. The molecule has 2 nitrogen and oxygen atoms in total. The van der Waals surface area contributed by atoms with Crippen molar-refractivity contribution in [2.75, 3.05) is 0 Å². The molecule has 3 unspecified atom stereocenters. The van der Waals surface area contributed by atoms with Crippen LogP contribution in [-0.4, -0.2) is 11.6 Å². The third-order valence-electron chi connectivity index (χ3n) is 2.99. The maximum absolute atomic E-state index is 11.8. The number of rotatable bonds is 1. The first-order chi connectivity index (χ1) is 6.46. The van der Waals surface area contributed by atoms with E-state index in [0.717, 1.165) is 12.8 Å². The second-order valence-corrected chi connectivity index (χ2v) is 5.42. The summed E-state index contributed by atoms with van der Waals surface area (Å²) in [6, 6.07) is 0. The van der Waals surface area contributed by atoms with Gasteiger partial charge in [-0.1, -0.05) is 12.2 Å². The molecule has 0 heterocycles. The second-order valence-electron chi connectivity index (χ2n) is 5.42. The molecule has 3 atom stereocenters. The fourth-order valence-corrected chi connectivity index (χ4v) is 2.43. The third kappa shape index (κ3) is 1.84. The van der Waals surface area contributed by atoms with E-state index in [0.29, 0.717) is 11.8 Å². The van der Waals surface area contributed by atoms with Crippen molar-refractivity contribution in [3.05, 3.63) is 12.2 Å². The summed E-state index contributed by atoms with van der Waals surface area (Å²) in [5.74, 6) is 1.21. The predicted molar refractivity (Wildman–Crippen MR) is 54.7 cm³/mol. The molecule has 0 N–H and O–H groups in total. The van der Waals surface area contributed by atoms with Crippen LogP contribution in [-0.2, 0) is 9.53 Å². The van der Waals surface area contributed by atoms with E-state index in [1.54, 1.807) is 0 Å². The van der Waals surface area contributed by atoms with Gasteiger partial charge in [0.1, 0.15) is 5.60 Å². The Morgan fingerprint density at radius 2 is 2.00 bits per heavy atom. The molecule has 0 aliphatic heterocycles. The van der Waals surface area contributed by atoms with E-state index in [-0.39, 0.29) is 17.5 Å². The van der Waals surface area contributed by atoms with Gasteiger partial charge >= 0.3 is 5.97 Å². The number of carbonyl (C=O) groups is 1. The molecule has 2 bridgehead atoms. The number of hydrogen-bond donors (Lipinski definition) is 0. The quantitative estimate of drug-likeness (QED) is 0.473. The van der Waals surface area contributed by atoms with Gasteiger partial charge in [0.2, 0.25) is 0 Å². The molecule has 14 heavy (non-hydrogen) atoms. The van der Waals surface area contributed by atoms with E-state index < -0.39 is 0 Å². The van der Waals surface area contributed by atoms with Crippen LogP contribution in [0.25, 0.3) is 0 Å². The van der Waals surface area contributed by atoms with Crippen molar-refractivity contribution in [2.24, 2.45) is 17.8 Å². The first kappa shape index (κ1) is 9.75. The van der Waals surface area contributed by atoms with Gasteiger partial charge in [0, 0.05) is 0 Å².